The summed E-state index contributed by atoms with van der Waals surface area (Å²) >= 11 is 0. The topological polar surface area (TPSA) is 55.4 Å². The van der Waals surface area contributed by atoms with E-state index in [2.05, 4.69) is 13.8 Å². The fourth-order valence-electron chi connectivity index (χ4n) is 3.97. The smallest absolute Gasteiger partial charge is 0.494 e. The summed E-state index contributed by atoms with van der Waals surface area (Å²) in [5, 5.41) is 0. The van der Waals surface area contributed by atoms with Gasteiger partial charge < -0.3 is 28.1 Å². The van der Waals surface area contributed by atoms with E-state index in [9.17, 15) is 0 Å². The lowest BCUT2D eigenvalue weighted by Gasteiger charge is -2.26. The Kier molecular flexibility index (Phi) is 11.8. The average Bonchev–Trinajstić information content (AvgIpc) is 2.85. The van der Waals surface area contributed by atoms with E-state index in [1.807, 2.05) is 12.1 Å². The number of hydrogen-bond donors (Lipinski definition) is 0. The van der Waals surface area contributed by atoms with Gasteiger partial charge in [0.1, 0.15) is 11.5 Å². The molecule has 0 N–H and O–H groups in total. The minimum atomic E-state index is -0.431. The minimum absolute atomic E-state index is 0.431. The van der Waals surface area contributed by atoms with E-state index in [-0.39, 0.29) is 0 Å². The third-order valence-electron chi connectivity index (χ3n) is 5.82. The van der Waals surface area contributed by atoms with Crippen molar-refractivity contribution in [2.24, 2.45) is 0 Å². The van der Waals surface area contributed by atoms with Crippen molar-refractivity contribution in [3.05, 3.63) is 12.1 Å². The van der Waals surface area contributed by atoms with E-state index < -0.39 is 14.2 Å². The molecule has 32 heavy (non-hydrogen) atoms. The van der Waals surface area contributed by atoms with Gasteiger partial charge in [-0.3, -0.25) is 0 Å². The Morgan fingerprint density at radius 1 is 0.625 bits per heavy atom. The van der Waals surface area contributed by atoms with Gasteiger partial charge in [-0.1, -0.05) is 52.4 Å². The molecular weight excluding hydrogens is 406 g/mol. The van der Waals surface area contributed by atoms with Gasteiger partial charge in [-0.15, -0.1) is 0 Å². The number of hydrogen-bond acceptors (Lipinski definition) is 6. The summed E-state index contributed by atoms with van der Waals surface area (Å²) in [7, 11) is -0.863. The second-order valence-corrected chi connectivity index (χ2v) is 8.60. The first-order chi connectivity index (χ1) is 15.8. The molecule has 6 nitrogen and oxygen atoms in total. The monoisotopic (exact) mass is 446 g/mol. The van der Waals surface area contributed by atoms with Crippen LogP contribution in [-0.4, -0.2) is 53.9 Å². The van der Waals surface area contributed by atoms with Crippen LogP contribution in [0.15, 0.2) is 12.1 Å². The van der Waals surface area contributed by atoms with E-state index in [1.165, 1.54) is 38.5 Å². The van der Waals surface area contributed by atoms with Crippen LogP contribution in [0.4, 0.5) is 0 Å². The van der Waals surface area contributed by atoms with Crippen molar-refractivity contribution in [2.75, 3.05) is 39.6 Å². The van der Waals surface area contributed by atoms with Gasteiger partial charge in [0.25, 0.3) is 0 Å². The fraction of sp³-hybridized carbons (Fsp3) is 0.750. The average molecular weight is 446 g/mol. The van der Waals surface area contributed by atoms with Gasteiger partial charge in [0.15, 0.2) is 0 Å². The Hall–Kier alpha value is -1.21. The van der Waals surface area contributed by atoms with Gasteiger partial charge in [-0.05, 0) is 37.8 Å². The molecule has 0 bridgehead atoms. The standard InChI is InChI=1S/C24H40B2O6/c1-3-5-7-9-13-27-23-19-22(26-31-17-12-18-32-26)24(28-14-10-8-6-4-2)20-21(23)25-29-15-11-16-30-25/h19-20H,3-18H2,1-2H3. The summed E-state index contributed by atoms with van der Waals surface area (Å²) in [6.07, 6.45) is 11.1. The Labute approximate surface area is 194 Å². The summed E-state index contributed by atoms with van der Waals surface area (Å²) in [4.78, 5) is 0. The first-order valence-electron chi connectivity index (χ1n) is 12.7. The molecule has 1 aromatic carbocycles. The first kappa shape index (κ1) is 25.4. The number of ether oxygens (including phenoxy) is 2. The van der Waals surface area contributed by atoms with Crippen LogP contribution in [0.1, 0.15) is 78.1 Å². The summed E-state index contributed by atoms with van der Waals surface area (Å²) in [6.45, 7) is 8.51. The molecule has 2 aliphatic heterocycles. The maximum atomic E-state index is 6.25. The molecule has 8 heteroatoms. The van der Waals surface area contributed by atoms with Crippen LogP contribution in [0.5, 0.6) is 11.5 Å². The van der Waals surface area contributed by atoms with Gasteiger partial charge in [0, 0.05) is 37.4 Å². The predicted molar refractivity (Wildman–Crippen MR) is 130 cm³/mol. The minimum Gasteiger partial charge on any atom is -0.494 e. The van der Waals surface area contributed by atoms with Gasteiger partial charge in [-0.2, -0.15) is 0 Å². The molecule has 2 aliphatic rings. The molecule has 0 radical (unpaired) electrons. The zero-order valence-corrected chi connectivity index (χ0v) is 20.1. The highest BCUT2D eigenvalue weighted by atomic mass is 16.6. The highest BCUT2D eigenvalue weighted by Gasteiger charge is 2.34. The largest absolute Gasteiger partial charge is 0.497 e. The lowest BCUT2D eigenvalue weighted by atomic mass is 9.71. The zero-order chi connectivity index (χ0) is 22.4. The van der Waals surface area contributed by atoms with Crippen LogP contribution >= 0.6 is 0 Å². The van der Waals surface area contributed by atoms with Crippen molar-refractivity contribution < 1.29 is 28.1 Å². The summed E-state index contributed by atoms with van der Waals surface area (Å²) in [5.41, 5.74) is 1.78. The molecule has 2 saturated heterocycles. The second kappa shape index (κ2) is 14.8. The third-order valence-corrected chi connectivity index (χ3v) is 5.82. The van der Waals surface area contributed by atoms with Crippen LogP contribution in [0.3, 0.4) is 0 Å². The van der Waals surface area contributed by atoms with Gasteiger partial charge in [0.05, 0.1) is 13.2 Å². The molecule has 0 amide bonds. The van der Waals surface area contributed by atoms with Crippen molar-refractivity contribution in [2.45, 2.75) is 78.1 Å². The Morgan fingerprint density at radius 3 is 1.41 bits per heavy atom. The molecule has 2 heterocycles. The maximum Gasteiger partial charge on any atom is 0.497 e. The lowest BCUT2D eigenvalue weighted by Crippen LogP contribution is -2.45. The van der Waals surface area contributed by atoms with Gasteiger partial charge >= 0.3 is 14.2 Å². The van der Waals surface area contributed by atoms with Crippen molar-refractivity contribution >= 4 is 25.2 Å². The molecule has 0 aromatic heterocycles. The third kappa shape index (κ3) is 7.98. The second-order valence-electron chi connectivity index (χ2n) is 8.60. The number of rotatable bonds is 14. The summed E-state index contributed by atoms with van der Waals surface area (Å²) < 4.78 is 36.2. The van der Waals surface area contributed by atoms with Crippen LogP contribution < -0.4 is 20.4 Å². The van der Waals surface area contributed by atoms with Crippen molar-refractivity contribution in [3.8, 4) is 11.5 Å². The van der Waals surface area contributed by atoms with Crippen LogP contribution in [0, 0.1) is 0 Å². The highest BCUT2D eigenvalue weighted by molar-refractivity contribution is 6.65. The van der Waals surface area contributed by atoms with Crippen molar-refractivity contribution in [3.63, 3.8) is 0 Å². The van der Waals surface area contributed by atoms with E-state index in [4.69, 9.17) is 28.1 Å². The van der Waals surface area contributed by atoms with Gasteiger partial charge in [-0.25, -0.2) is 0 Å². The Bertz CT molecular complexity index is 592. The molecule has 0 atom stereocenters. The van der Waals surface area contributed by atoms with Crippen molar-refractivity contribution in [1.29, 1.82) is 0 Å². The SMILES string of the molecule is CCCCCCOc1cc(B2OCCCO2)c(OCCCCCC)cc1B1OCCCO1. The normalized spacial score (nSPS) is 16.9. The Balaban J connectivity index is 1.81. The summed E-state index contributed by atoms with van der Waals surface area (Å²) in [5.74, 6) is 1.55. The van der Waals surface area contributed by atoms with Gasteiger partial charge in [0.2, 0.25) is 0 Å². The van der Waals surface area contributed by atoms with Crippen LogP contribution in [0.2, 0.25) is 0 Å². The van der Waals surface area contributed by atoms with E-state index in [0.717, 1.165) is 48.1 Å². The molecule has 178 valence electrons. The number of benzene rings is 1. The fourth-order valence-corrected chi connectivity index (χ4v) is 3.97. The van der Waals surface area contributed by atoms with Crippen LogP contribution in [-0.2, 0) is 18.6 Å². The lowest BCUT2D eigenvalue weighted by molar-refractivity contribution is 0.141. The molecule has 3 rings (SSSR count). The molecule has 2 fully saturated rings. The van der Waals surface area contributed by atoms with E-state index in [0.29, 0.717) is 39.6 Å². The first-order valence-corrected chi connectivity index (χ1v) is 12.7. The van der Waals surface area contributed by atoms with E-state index >= 15 is 0 Å². The highest BCUT2D eigenvalue weighted by Crippen LogP contribution is 2.21. The quantitative estimate of drug-likeness (QED) is 0.320. The maximum absolute atomic E-state index is 6.25. The molecule has 1 aromatic rings. The summed E-state index contributed by atoms with van der Waals surface area (Å²) in [6, 6.07) is 4.04. The zero-order valence-electron chi connectivity index (χ0n) is 20.1. The van der Waals surface area contributed by atoms with Crippen LogP contribution in [0.25, 0.3) is 0 Å². The number of unbranched alkanes of at least 4 members (excludes halogenated alkanes) is 6. The molecule has 0 spiro atoms. The molecule has 0 unspecified atom stereocenters. The predicted octanol–water partition coefficient (Wildman–Crippen LogP) is 3.87. The molecular formula is C24H40B2O6. The van der Waals surface area contributed by atoms with E-state index in [1.54, 1.807) is 0 Å². The molecule has 0 aliphatic carbocycles. The molecule has 0 saturated carbocycles. The van der Waals surface area contributed by atoms with Crippen molar-refractivity contribution in [1.82, 2.24) is 0 Å². The Morgan fingerprint density at radius 2 is 1.03 bits per heavy atom.